The highest BCUT2D eigenvalue weighted by Gasteiger charge is 2.25. The van der Waals surface area contributed by atoms with Gasteiger partial charge >= 0.3 is 6.03 Å². The van der Waals surface area contributed by atoms with Crippen LogP contribution in [0.5, 0.6) is 0 Å². The molecule has 2 heterocycles. The molecule has 2 N–H and O–H groups in total. The predicted octanol–water partition coefficient (Wildman–Crippen LogP) is 2.08. The van der Waals surface area contributed by atoms with Gasteiger partial charge in [0.05, 0.1) is 12.3 Å². The molecular weight excluding hydrogens is 274 g/mol. The summed E-state index contributed by atoms with van der Waals surface area (Å²) in [6.07, 6.45) is 1.69. The van der Waals surface area contributed by atoms with Crippen LogP contribution in [0.1, 0.15) is 25.6 Å². The van der Waals surface area contributed by atoms with Crippen LogP contribution in [0.3, 0.4) is 0 Å². The summed E-state index contributed by atoms with van der Waals surface area (Å²) >= 11 is 1.97. The van der Waals surface area contributed by atoms with Crippen molar-refractivity contribution in [3.8, 4) is 0 Å². The van der Waals surface area contributed by atoms with Gasteiger partial charge in [0, 0.05) is 37.2 Å². The number of furan rings is 1. The van der Waals surface area contributed by atoms with E-state index in [1.807, 2.05) is 37.7 Å². The molecule has 0 unspecified atom stereocenters. The third kappa shape index (κ3) is 4.45. The maximum atomic E-state index is 11.7. The number of carbonyl (C=O) groups is 1. The summed E-state index contributed by atoms with van der Waals surface area (Å²) in [5, 5.41) is 5.78. The second kappa shape index (κ2) is 7.59. The van der Waals surface area contributed by atoms with E-state index in [-0.39, 0.29) is 18.1 Å². The molecular formula is C14H23N3O2S. The van der Waals surface area contributed by atoms with Gasteiger partial charge in [-0.25, -0.2) is 4.79 Å². The minimum absolute atomic E-state index is 0.115. The first kappa shape index (κ1) is 15.3. The van der Waals surface area contributed by atoms with Crippen LogP contribution in [0.4, 0.5) is 4.79 Å². The summed E-state index contributed by atoms with van der Waals surface area (Å²) in [7, 11) is 0. The molecule has 6 heteroatoms. The number of hydrogen-bond acceptors (Lipinski definition) is 4. The van der Waals surface area contributed by atoms with Crippen LogP contribution >= 0.6 is 11.8 Å². The van der Waals surface area contributed by atoms with Gasteiger partial charge in [0.2, 0.25) is 0 Å². The second-order valence-corrected chi connectivity index (χ2v) is 6.41. The third-order valence-electron chi connectivity index (χ3n) is 3.23. The van der Waals surface area contributed by atoms with Crippen molar-refractivity contribution in [1.82, 2.24) is 15.5 Å². The first-order chi connectivity index (χ1) is 9.66. The maximum Gasteiger partial charge on any atom is 0.315 e. The van der Waals surface area contributed by atoms with Crippen molar-refractivity contribution >= 4 is 17.8 Å². The molecule has 0 bridgehead atoms. The Bertz CT molecular complexity index is 403. The molecule has 0 saturated carbocycles. The molecule has 112 valence electrons. The van der Waals surface area contributed by atoms with Gasteiger partial charge < -0.3 is 15.1 Å². The lowest BCUT2D eigenvalue weighted by atomic mass is 10.2. The molecule has 20 heavy (non-hydrogen) atoms. The van der Waals surface area contributed by atoms with Crippen molar-refractivity contribution in [2.24, 2.45) is 0 Å². The third-order valence-corrected chi connectivity index (χ3v) is 4.18. The lowest BCUT2D eigenvalue weighted by Crippen LogP contribution is -2.45. The Labute approximate surface area is 124 Å². The van der Waals surface area contributed by atoms with Gasteiger partial charge in [-0.05, 0) is 26.0 Å². The normalized spacial score (nSPS) is 17.9. The Morgan fingerprint density at radius 1 is 1.45 bits per heavy atom. The fourth-order valence-electron chi connectivity index (χ4n) is 2.28. The minimum Gasteiger partial charge on any atom is -0.468 e. The second-order valence-electron chi connectivity index (χ2n) is 5.19. The van der Waals surface area contributed by atoms with E-state index in [0.717, 1.165) is 30.4 Å². The smallest absolute Gasteiger partial charge is 0.315 e. The fraction of sp³-hybridized carbons (Fsp3) is 0.643. The Morgan fingerprint density at radius 3 is 2.80 bits per heavy atom. The summed E-state index contributed by atoms with van der Waals surface area (Å²) < 4.78 is 5.54. The number of nitrogens with one attached hydrogen (secondary N) is 2. The molecule has 0 aliphatic carbocycles. The van der Waals surface area contributed by atoms with Gasteiger partial charge in [-0.3, -0.25) is 4.90 Å². The van der Waals surface area contributed by atoms with Gasteiger partial charge in [-0.15, -0.1) is 0 Å². The van der Waals surface area contributed by atoms with E-state index in [0.29, 0.717) is 6.54 Å². The van der Waals surface area contributed by atoms with E-state index < -0.39 is 0 Å². The number of rotatable bonds is 5. The fourth-order valence-corrected chi connectivity index (χ4v) is 3.21. The van der Waals surface area contributed by atoms with Gasteiger partial charge in [-0.2, -0.15) is 11.8 Å². The molecule has 2 amide bonds. The number of amides is 2. The highest BCUT2D eigenvalue weighted by Crippen LogP contribution is 2.24. The van der Waals surface area contributed by atoms with Gasteiger partial charge in [0.1, 0.15) is 5.76 Å². The first-order valence-electron chi connectivity index (χ1n) is 7.06. The highest BCUT2D eigenvalue weighted by atomic mass is 32.2. The largest absolute Gasteiger partial charge is 0.468 e. The Balaban J connectivity index is 1.94. The average molecular weight is 297 g/mol. The molecule has 1 aliphatic rings. The maximum absolute atomic E-state index is 11.7. The van der Waals surface area contributed by atoms with Crippen molar-refractivity contribution in [2.45, 2.75) is 25.9 Å². The number of hydrogen-bond donors (Lipinski definition) is 2. The summed E-state index contributed by atoms with van der Waals surface area (Å²) in [6, 6.07) is 4.01. The van der Waals surface area contributed by atoms with Crippen molar-refractivity contribution in [3.05, 3.63) is 24.2 Å². The molecule has 2 rings (SSSR count). The zero-order valence-corrected chi connectivity index (χ0v) is 12.9. The predicted molar refractivity (Wildman–Crippen MR) is 82.0 cm³/mol. The molecule has 1 fully saturated rings. The van der Waals surface area contributed by atoms with E-state index in [2.05, 4.69) is 15.5 Å². The van der Waals surface area contributed by atoms with Crippen molar-refractivity contribution in [1.29, 1.82) is 0 Å². The van der Waals surface area contributed by atoms with Crippen molar-refractivity contribution < 1.29 is 9.21 Å². The summed E-state index contributed by atoms with van der Waals surface area (Å²) in [4.78, 5) is 14.1. The van der Waals surface area contributed by atoms with Crippen LogP contribution in [0, 0.1) is 0 Å². The number of nitrogens with zero attached hydrogens (tertiary/aromatic N) is 1. The van der Waals surface area contributed by atoms with Crippen LogP contribution in [0.15, 0.2) is 22.8 Å². The average Bonchev–Trinajstić information content (AvgIpc) is 2.93. The van der Waals surface area contributed by atoms with Crippen molar-refractivity contribution in [3.63, 3.8) is 0 Å². The molecule has 0 aromatic carbocycles. The van der Waals surface area contributed by atoms with Gasteiger partial charge in [0.15, 0.2) is 0 Å². The molecule has 5 nitrogen and oxygen atoms in total. The Morgan fingerprint density at radius 2 is 2.20 bits per heavy atom. The van der Waals surface area contributed by atoms with Gasteiger partial charge in [-0.1, -0.05) is 0 Å². The Hall–Kier alpha value is -1.14. The van der Waals surface area contributed by atoms with E-state index in [9.17, 15) is 4.79 Å². The van der Waals surface area contributed by atoms with Crippen LogP contribution in [-0.2, 0) is 0 Å². The standard InChI is InChI=1S/C14H23N3O2S/c1-11(2)16-14(18)15-10-12(13-4-3-7-19-13)17-5-8-20-9-6-17/h3-4,7,11-12H,5-6,8-10H2,1-2H3,(H2,15,16,18)/t12-/m0/s1. The summed E-state index contributed by atoms with van der Waals surface area (Å²) in [5.74, 6) is 3.19. The zero-order valence-electron chi connectivity index (χ0n) is 12.1. The van der Waals surface area contributed by atoms with Gasteiger partial charge in [0.25, 0.3) is 0 Å². The highest BCUT2D eigenvalue weighted by molar-refractivity contribution is 7.99. The molecule has 1 aliphatic heterocycles. The molecule has 1 aromatic rings. The number of carbonyl (C=O) groups excluding carboxylic acids is 1. The zero-order chi connectivity index (χ0) is 14.4. The van der Waals surface area contributed by atoms with Crippen molar-refractivity contribution in [2.75, 3.05) is 31.1 Å². The monoisotopic (exact) mass is 297 g/mol. The Kier molecular flexibility index (Phi) is 5.79. The molecule has 0 radical (unpaired) electrons. The van der Waals surface area contributed by atoms with E-state index in [1.54, 1.807) is 6.26 Å². The number of thioether (sulfide) groups is 1. The van der Waals surface area contributed by atoms with Crippen LogP contribution in [0.2, 0.25) is 0 Å². The van der Waals surface area contributed by atoms with Crippen LogP contribution in [0.25, 0.3) is 0 Å². The quantitative estimate of drug-likeness (QED) is 0.873. The topological polar surface area (TPSA) is 57.5 Å². The van der Waals surface area contributed by atoms with Crippen LogP contribution in [-0.4, -0.2) is 48.1 Å². The lowest BCUT2D eigenvalue weighted by molar-refractivity contribution is 0.185. The molecule has 1 saturated heterocycles. The summed E-state index contributed by atoms with van der Waals surface area (Å²) in [5.41, 5.74) is 0. The first-order valence-corrected chi connectivity index (χ1v) is 8.22. The lowest BCUT2D eigenvalue weighted by Gasteiger charge is -2.33. The van der Waals surface area contributed by atoms with Crippen LogP contribution < -0.4 is 10.6 Å². The van der Waals surface area contributed by atoms with E-state index in [1.165, 1.54) is 0 Å². The number of urea groups is 1. The SMILES string of the molecule is CC(C)NC(=O)NC[C@@H](c1ccco1)N1CCSCC1. The summed E-state index contributed by atoms with van der Waals surface area (Å²) in [6.45, 7) is 6.53. The molecule has 1 aromatic heterocycles. The minimum atomic E-state index is -0.122. The molecule has 0 spiro atoms. The van der Waals surface area contributed by atoms with E-state index >= 15 is 0 Å². The molecule has 1 atom stereocenters. The van der Waals surface area contributed by atoms with E-state index in [4.69, 9.17) is 4.42 Å².